The Morgan fingerprint density at radius 2 is 2.21 bits per heavy atom. The molecule has 126 valence electrons. The van der Waals surface area contributed by atoms with Crippen molar-refractivity contribution >= 4 is 22.4 Å². The first kappa shape index (κ1) is 16.5. The van der Waals surface area contributed by atoms with Gasteiger partial charge in [-0.25, -0.2) is 9.97 Å². The van der Waals surface area contributed by atoms with Gasteiger partial charge in [-0.2, -0.15) is 5.26 Å². The van der Waals surface area contributed by atoms with Gasteiger partial charge in [0, 0.05) is 35.6 Å². The monoisotopic (exact) mass is 324 g/mol. The van der Waals surface area contributed by atoms with Crippen LogP contribution >= 0.6 is 0 Å². The van der Waals surface area contributed by atoms with Crippen LogP contribution in [0.5, 0.6) is 0 Å². The highest BCUT2D eigenvalue weighted by Crippen LogP contribution is 2.26. The smallest absolute Gasteiger partial charge is 0.143 e. The van der Waals surface area contributed by atoms with Crippen LogP contribution < -0.4 is 10.6 Å². The van der Waals surface area contributed by atoms with Crippen molar-refractivity contribution < 1.29 is 0 Å². The molecule has 24 heavy (non-hydrogen) atoms. The highest BCUT2D eigenvalue weighted by Gasteiger charge is 2.17. The lowest BCUT2D eigenvalue weighted by molar-refractivity contribution is 0.261. The fraction of sp³-hybridized carbons (Fsp3) is 0.500. The molecule has 0 spiro atoms. The van der Waals surface area contributed by atoms with Crippen LogP contribution in [0, 0.1) is 11.3 Å². The Labute approximate surface area is 142 Å². The number of rotatable bonds is 4. The summed E-state index contributed by atoms with van der Waals surface area (Å²) < 4.78 is 0. The largest absolute Gasteiger partial charge is 0.367 e. The van der Waals surface area contributed by atoms with E-state index in [1.165, 1.54) is 6.42 Å². The minimum absolute atomic E-state index is 0.242. The number of pyridine rings is 2. The Balaban J connectivity index is 1.92. The molecule has 1 aliphatic rings. The van der Waals surface area contributed by atoms with Crippen LogP contribution in [-0.2, 0) is 0 Å². The summed E-state index contributed by atoms with van der Waals surface area (Å²) in [6.07, 6.45) is 4.18. The first-order chi connectivity index (χ1) is 11.5. The summed E-state index contributed by atoms with van der Waals surface area (Å²) >= 11 is 0. The van der Waals surface area contributed by atoms with E-state index >= 15 is 0 Å². The number of nitriles is 1. The Bertz CT molecular complexity index is 764. The summed E-state index contributed by atoms with van der Waals surface area (Å²) in [4.78, 5) is 11.3. The molecule has 1 fully saturated rings. The first-order valence-electron chi connectivity index (χ1n) is 8.47. The number of nitrogens with zero attached hydrogens (tertiary/aromatic N) is 4. The van der Waals surface area contributed by atoms with Gasteiger partial charge in [0.15, 0.2) is 0 Å². The Morgan fingerprint density at radius 1 is 1.38 bits per heavy atom. The standard InChI is InChI=1S/C18H24N6/c1-12(2)21-18-16-8-17(22-14-5-4-6-24(3)11-14)20-10-13(16)7-15(9-19)23-18/h7-8,10,12,14H,4-6,11H2,1-3H3,(H,20,22)(H,21,23)/t14-/m0/s1. The van der Waals surface area contributed by atoms with E-state index in [9.17, 15) is 5.26 Å². The summed E-state index contributed by atoms with van der Waals surface area (Å²) in [6.45, 7) is 6.31. The van der Waals surface area contributed by atoms with Gasteiger partial charge in [0.05, 0.1) is 0 Å². The third-order valence-corrected chi connectivity index (χ3v) is 4.23. The van der Waals surface area contributed by atoms with Gasteiger partial charge in [-0.05, 0) is 52.4 Å². The molecule has 3 rings (SSSR count). The van der Waals surface area contributed by atoms with E-state index in [1.807, 2.05) is 12.3 Å². The predicted octanol–water partition coefficient (Wildman–Crippen LogP) is 2.83. The number of hydrogen-bond acceptors (Lipinski definition) is 6. The van der Waals surface area contributed by atoms with E-state index in [-0.39, 0.29) is 6.04 Å². The third kappa shape index (κ3) is 3.74. The second-order valence-corrected chi connectivity index (χ2v) is 6.80. The zero-order valence-corrected chi connectivity index (χ0v) is 14.5. The highest BCUT2D eigenvalue weighted by atomic mass is 15.1. The molecular weight excluding hydrogens is 300 g/mol. The van der Waals surface area contributed by atoms with E-state index in [2.05, 4.69) is 52.5 Å². The van der Waals surface area contributed by atoms with Gasteiger partial charge in [-0.3, -0.25) is 0 Å². The molecule has 3 heterocycles. The number of likely N-dealkylation sites (N-methyl/N-ethyl adjacent to an activating group) is 1. The van der Waals surface area contributed by atoms with Crippen LogP contribution in [0.25, 0.3) is 10.8 Å². The van der Waals surface area contributed by atoms with E-state index in [1.54, 1.807) is 6.07 Å². The van der Waals surface area contributed by atoms with Crippen molar-refractivity contribution in [1.82, 2.24) is 14.9 Å². The lowest BCUT2D eigenvalue weighted by Crippen LogP contribution is -2.39. The van der Waals surface area contributed by atoms with Gasteiger partial charge in [0.25, 0.3) is 0 Å². The molecule has 2 aromatic rings. The van der Waals surface area contributed by atoms with E-state index in [0.717, 1.165) is 41.9 Å². The maximum absolute atomic E-state index is 9.17. The number of nitrogens with one attached hydrogen (secondary N) is 2. The molecule has 2 aromatic heterocycles. The average Bonchev–Trinajstić information content (AvgIpc) is 2.54. The summed E-state index contributed by atoms with van der Waals surface area (Å²) in [7, 11) is 2.15. The number of aromatic nitrogens is 2. The predicted molar refractivity (Wildman–Crippen MR) is 97.2 cm³/mol. The maximum Gasteiger partial charge on any atom is 0.143 e. The van der Waals surface area contributed by atoms with Gasteiger partial charge < -0.3 is 15.5 Å². The number of anilines is 2. The first-order valence-corrected chi connectivity index (χ1v) is 8.47. The molecule has 1 saturated heterocycles. The van der Waals surface area contributed by atoms with Gasteiger partial charge in [-0.15, -0.1) is 0 Å². The zero-order valence-electron chi connectivity index (χ0n) is 14.5. The van der Waals surface area contributed by atoms with E-state index in [0.29, 0.717) is 11.7 Å². The summed E-state index contributed by atoms with van der Waals surface area (Å²) in [5.41, 5.74) is 0.405. The summed E-state index contributed by atoms with van der Waals surface area (Å²) in [5, 5.41) is 18.0. The highest BCUT2D eigenvalue weighted by molar-refractivity contribution is 5.93. The van der Waals surface area contributed by atoms with Crippen molar-refractivity contribution in [2.75, 3.05) is 30.8 Å². The molecule has 0 aliphatic carbocycles. The van der Waals surface area contributed by atoms with Crippen LogP contribution in [-0.4, -0.2) is 47.1 Å². The Morgan fingerprint density at radius 3 is 2.92 bits per heavy atom. The quantitative estimate of drug-likeness (QED) is 0.900. The number of likely N-dealkylation sites (tertiary alicyclic amines) is 1. The fourth-order valence-electron chi connectivity index (χ4n) is 3.16. The second-order valence-electron chi connectivity index (χ2n) is 6.80. The minimum atomic E-state index is 0.242. The molecule has 6 heteroatoms. The zero-order chi connectivity index (χ0) is 17.1. The maximum atomic E-state index is 9.17. The molecular formula is C18H24N6. The van der Waals surface area contributed by atoms with Gasteiger partial charge in [-0.1, -0.05) is 0 Å². The molecule has 0 amide bonds. The molecule has 0 aromatic carbocycles. The summed E-state index contributed by atoms with van der Waals surface area (Å²) in [6, 6.07) is 6.59. The summed E-state index contributed by atoms with van der Waals surface area (Å²) in [5.74, 6) is 1.60. The topological polar surface area (TPSA) is 76.9 Å². The van der Waals surface area contributed by atoms with Crippen molar-refractivity contribution in [3.05, 3.63) is 24.0 Å². The minimum Gasteiger partial charge on any atom is -0.367 e. The molecule has 2 N–H and O–H groups in total. The van der Waals surface area contributed by atoms with Gasteiger partial charge in [0.1, 0.15) is 23.4 Å². The fourth-order valence-corrected chi connectivity index (χ4v) is 3.16. The van der Waals surface area contributed by atoms with Crippen molar-refractivity contribution in [2.24, 2.45) is 0 Å². The van der Waals surface area contributed by atoms with E-state index < -0.39 is 0 Å². The van der Waals surface area contributed by atoms with Crippen LogP contribution in [0.3, 0.4) is 0 Å². The van der Waals surface area contributed by atoms with Crippen LogP contribution in [0.15, 0.2) is 18.3 Å². The number of piperidine rings is 1. The van der Waals surface area contributed by atoms with Gasteiger partial charge >= 0.3 is 0 Å². The Hall–Kier alpha value is -2.39. The lowest BCUT2D eigenvalue weighted by atomic mass is 10.1. The number of hydrogen-bond donors (Lipinski definition) is 2. The molecule has 0 bridgehead atoms. The lowest BCUT2D eigenvalue weighted by Gasteiger charge is -2.30. The van der Waals surface area contributed by atoms with Gasteiger partial charge in [0.2, 0.25) is 0 Å². The van der Waals surface area contributed by atoms with E-state index in [4.69, 9.17) is 0 Å². The molecule has 1 atom stereocenters. The normalized spacial score (nSPS) is 18.5. The van der Waals surface area contributed by atoms with Crippen LogP contribution in [0.2, 0.25) is 0 Å². The SMILES string of the molecule is CC(C)Nc1nc(C#N)cc2cnc(N[C@H]3CCCN(C)C3)cc12. The molecule has 6 nitrogen and oxygen atoms in total. The number of fused-ring (bicyclic) bond motifs is 1. The van der Waals surface area contributed by atoms with Crippen LogP contribution in [0.4, 0.5) is 11.6 Å². The molecule has 0 saturated carbocycles. The molecule has 0 unspecified atom stereocenters. The third-order valence-electron chi connectivity index (χ3n) is 4.23. The van der Waals surface area contributed by atoms with Crippen LogP contribution in [0.1, 0.15) is 32.4 Å². The van der Waals surface area contributed by atoms with Crippen molar-refractivity contribution in [1.29, 1.82) is 5.26 Å². The molecule has 1 aliphatic heterocycles. The van der Waals surface area contributed by atoms with Crippen molar-refractivity contribution in [2.45, 2.75) is 38.8 Å². The second kappa shape index (κ2) is 7.02. The molecule has 0 radical (unpaired) electrons. The van der Waals surface area contributed by atoms with Crippen molar-refractivity contribution in [3.63, 3.8) is 0 Å². The average molecular weight is 324 g/mol. The van der Waals surface area contributed by atoms with Crippen molar-refractivity contribution in [3.8, 4) is 6.07 Å². The Kier molecular flexibility index (Phi) is 4.81.